The first-order chi connectivity index (χ1) is 12.3. The third-order valence-electron chi connectivity index (χ3n) is 3.71. The van der Waals surface area contributed by atoms with Gasteiger partial charge in [-0.15, -0.1) is 0 Å². The van der Waals surface area contributed by atoms with Crippen LogP contribution in [0.15, 0.2) is 48.5 Å². The normalized spacial score (nSPS) is 11.0. The quantitative estimate of drug-likeness (QED) is 0.763. The van der Waals surface area contributed by atoms with Crippen molar-refractivity contribution in [3.8, 4) is 5.75 Å². The van der Waals surface area contributed by atoms with Gasteiger partial charge in [0.05, 0.1) is 19.1 Å². The SMILES string of the molecule is COc1ccc(CNC(=O)CCN(c2ccc(F)cc2)S(C)(=O)=O)cc1. The van der Waals surface area contributed by atoms with Gasteiger partial charge in [0.25, 0.3) is 0 Å². The number of amides is 1. The van der Waals surface area contributed by atoms with Crippen LogP contribution in [-0.2, 0) is 21.4 Å². The molecule has 1 amide bonds. The summed E-state index contributed by atoms with van der Waals surface area (Å²) < 4.78 is 43.1. The van der Waals surface area contributed by atoms with Crippen LogP contribution >= 0.6 is 0 Å². The summed E-state index contributed by atoms with van der Waals surface area (Å²) in [5.74, 6) is -0.0146. The third-order valence-corrected chi connectivity index (χ3v) is 4.90. The fourth-order valence-electron chi connectivity index (χ4n) is 2.33. The van der Waals surface area contributed by atoms with E-state index in [0.717, 1.165) is 21.9 Å². The Kier molecular flexibility index (Phi) is 6.57. The zero-order chi connectivity index (χ0) is 19.2. The standard InChI is InChI=1S/C18H21FN2O4S/c1-25-17-9-3-14(4-10-17)13-20-18(22)11-12-21(26(2,23)24)16-7-5-15(19)6-8-16/h3-10H,11-13H2,1-2H3,(H,20,22). The van der Waals surface area contributed by atoms with Gasteiger partial charge in [-0.2, -0.15) is 0 Å². The maximum Gasteiger partial charge on any atom is 0.232 e. The number of rotatable bonds is 8. The van der Waals surface area contributed by atoms with Gasteiger partial charge < -0.3 is 10.1 Å². The molecule has 1 N–H and O–H groups in total. The van der Waals surface area contributed by atoms with Crippen molar-refractivity contribution in [2.75, 3.05) is 24.2 Å². The highest BCUT2D eigenvalue weighted by molar-refractivity contribution is 7.92. The van der Waals surface area contributed by atoms with Crippen LogP contribution in [0.1, 0.15) is 12.0 Å². The Morgan fingerprint density at radius 1 is 1.12 bits per heavy atom. The summed E-state index contributed by atoms with van der Waals surface area (Å²) in [5.41, 5.74) is 1.22. The number of carbonyl (C=O) groups is 1. The molecule has 0 radical (unpaired) electrons. The fourth-order valence-corrected chi connectivity index (χ4v) is 3.26. The van der Waals surface area contributed by atoms with Crippen LogP contribution in [0.2, 0.25) is 0 Å². The summed E-state index contributed by atoms with van der Waals surface area (Å²) in [7, 11) is -2.01. The van der Waals surface area contributed by atoms with E-state index in [4.69, 9.17) is 4.74 Å². The molecule has 0 unspecified atom stereocenters. The van der Waals surface area contributed by atoms with Crippen molar-refractivity contribution in [3.63, 3.8) is 0 Å². The predicted molar refractivity (Wildman–Crippen MR) is 98.0 cm³/mol. The minimum atomic E-state index is -3.58. The van der Waals surface area contributed by atoms with E-state index >= 15 is 0 Å². The summed E-state index contributed by atoms with van der Waals surface area (Å²) in [4.78, 5) is 12.0. The number of methoxy groups -OCH3 is 1. The lowest BCUT2D eigenvalue weighted by molar-refractivity contribution is -0.121. The molecule has 0 fully saturated rings. The largest absolute Gasteiger partial charge is 0.497 e. The molecule has 0 heterocycles. The minimum Gasteiger partial charge on any atom is -0.497 e. The lowest BCUT2D eigenvalue weighted by Crippen LogP contribution is -2.34. The van der Waals surface area contributed by atoms with Crippen molar-refractivity contribution >= 4 is 21.6 Å². The molecular formula is C18H21FN2O4S. The minimum absolute atomic E-state index is 0.0133. The smallest absolute Gasteiger partial charge is 0.232 e. The Balaban J connectivity index is 1.93. The number of halogens is 1. The van der Waals surface area contributed by atoms with Gasteiger partial charge in [-0.25, -0.2) is 12.8 Å². The molecule has 0 spiro atoms. The van der Waals surface area contributed by atoms with Crippen molar-refractivity contribution in [2.45, 2.75) is 13.0 Å². The molecule has 8 heteroatoms. The lowest BCUT2D eigenvalue weighted by Gasteiger charge is -2.22. The molecule has 2 aromatic rings. The van der Waals surface area contributed by atoms with E-state index in [1.807, 2.05) is 12.1 Å². The molecule has 0 aromatic heterocycles. The molecule has 140 valence electrons. The van der Waals surface area contributed by atoms with Crippen LogP contribution in [0.25, 0.3) is 0 Å². The highest BCUT2D eigenvalue weighted by Gasteiger charge is 2.18. The van der Waals surface area contributed by atoms with Gasteiger partial charge >= 0.3 is 0 Å². The monoisotopic (exact) mass is 380 g/mol. The average Bonchev–Trinajstić information content (AvgIpc) is 2.61. The molecular weight excluding hydrogens is 359 g/mol. The zero-order valence-electron chi connectivity index (χ0n) is 14.6. The first kappa shape index (κ1) is 19.7. The number of carbonyl (C=O) groups excluding carboxylic acids is 1. The van der Waals surface area contributed by atoms with Crippen LogP contribution in [0, 0.1) is 5.82 Å². The topological polar surface area (TPSA) is 75.7 Å². The number of ether oxygens (including phenoxy) is 1. The zero-order valence-corrected chi connectivity index (χ0v) is 15.4. The summed E-state index contributed by atoms with van der Waals surface area (Å²) in [6.45, 7) is 0.303. The Hall–Kier alpha value is -2.61. The molecule has 2 rings (SSSR count). The number of nitrogens with zero attached hydrogens (tertiary/aromatic N) is 1. The maximum atomic E-state index is 13.0. The van der Waals surface area contributed by atoms with Crippen LogP contribution in [0.3, 0.4) is 0 Å². The molecule has 0 saturated carbocycles. The molecule has 0 aliphatic carbocycles. The van der Waals surface area contributed by atoms with Crippen molar-refractivity contribution in [3.05, 3.63) is 59.9 Å². The first-order valence-electron chi connectivity index (χ1n) is 7.92. The van der Waals surface area contributed by atoms with Crippen LogP contribution in [0.5, 0.6) is 5.75 Å². The van der Waals surface area contributed by atoms with Crippen molar-refractivity contribution < 1.29 is 22.3 Å². The van der Waals surface area contributed by atoms with E-state index in [2.05, 4.69) is 5.32 Å². The van der Waals surface area contributed by atoms with Crippen LogP contribution < -0.4 is 14.4 Å². The molecule has 26 heavy (non-hydrogen) atoms. The number of nitrogens with one attached hydrogen (secondary N) is 1. The van der Waals surface area contributed by atoms with Gasteiger partial charge in [0.1, 0.15) is 11.6 Å². The van der Waals surface area contributed by atoms with E-state index in [1.165, 1.54) is 24.3 Å². The average molecular weight is 380 g/mol. The molecule has 0 bridgehead atoms. The Morgan fingerprint density at radius 3 is 2.27 bits per heavy atom. The van der Waals surface area contributed by atoms with Gasteiger partial charge in [0.2, 0.25) is 15.9 Å². The van der Waals surface area contributed by atoms with E-state index in [1.54, 1.807) is 19.2 Å². The van der Waals surface area contributed by atoms with Crippen molar-refractivity contribution in [2.24, 2.45) is 0 Å². The Labute approximate surface area is 152 Å². The molecule has 0 saturated heterocycles. The Bertz CT molecular complexity index is 836. The number of anilines is 1. The van der Waals surface area contributed by atoms with Crippen LogP contribution in [0.4, 0.5) is 10.1 Å². The molecule has 6 nitrogen and oxygen atoms in total. The second kappa shape index (κ2) is 8.66. The number of sulfonamides is 1. The summed E-state index contributed by atoms with van der Waals surface area (Å²) in [5, 5.41) is 2.74. The first-order valence-corrected chi connectivity index (χ1v) is 9.77. The van der Waals surface area contributed by atoms with Gasteiger partial charge in [-0.1, -0.05) is 12.1 Å². The predicted octanol–water partition coefficient (Wildman–Crippen LogP) is 2.31. The molecule has 0 aliphatic rings. The van der Waals surface area contributed by atoms with Gasteiger partial charge in [0.15, 0.2) is 0 Å². The van der Waals surface area contributed by atoms with Gasteiger partial charge in [0, 0.05) is 19.5 Å². The molecule has 0 atom stereocenters. The highest BCUT2D eigenvalue weighted by atomic mass is 32.2. The van der Waals surface area contributed by atoms with Crippen LogP contribution in [-0.4, -0.2) is 34.2 Å². The molecule has 0 aliphatic heterocycles. The third kappa shape index (κ3) is 5.73. The number of hydrogen-bond acceptors (Lipinski definition) is 4. The highest BCUT2D eigenvalue weighted by Crippen LogP contribution is 2.18. The number of hydrogen-bond donors (Lipinski definition) is 1. The summed E-state index contributed by atoms with van der Waals surface area (Å²) in [6, 6.07) is 12.3. The van der Waals surface area contributed by atoms with Crippen molar-refractivity contribution in [1.29, 1.82) is 0 Å². The maximum absolute atomic E-state index is 13.0. The second-order valence-electron chi connectivity index (χ2n) is 5.69. The number of benzene rings is 2. The summed E-state index contributed by atoms with van der Waals surface area (Å²) in [6.07, 6.45) is 1.03. The lowest BCUT2D eigenvalue weighted by atomic mass is 10.2. The van der Waals surface area contributed by atoms with E-state index in [0.29, 0.717) is 12.2 Å². The second-order valence-corrected chi connectivity index (χ2v) is 7.59. The van der Waals surface area contributed by atoms with E-state index < -0.39 is 15.8 Å². The van der Waals surface area contributed by atoms with Gasteiger partial charge in [-0.3, -0.25) is 9.10 Å². The van der Waals surface area contributed by atoms with Crippen molar-refractivity contribution in [1.82, 2.24) is 5.32 Å². The van der Waals surface area contributed by atoms with Gasteiger partial charge in [-0.05, 0) is 42.0 Å². The summed E-state index contributed by atoms with van der Waals surface area (Å²) >= 11 is 0. The van der Waals surface area contributed by atoms with E-state index in [9.17, 15) is 17.6 Å². The molecule has 2 aromatic carbocycles. The Morgan fingerprint density at radius 2 is 1.73 bits per heavy atom. The fraction of sp³-hybridized carbons (Fsp3) is 0.278. The van der Waals surface area contributed by atoms with E-state index in [-0.39, 0.29) is 18.9 Å².